The molecule has 0 aliphatic carbocycles. The Bertz CT molecular complexity index is 168. The van der Waals surface area contributed by atoms with Gasteiger partial charge in [0.1, 0.15) is 0 Å². The third-order valence-electron chi connectivity index (χ3n) is 2.39. The highest BCUT2D eigenvalue weighted by Crippen LogP contribution is 2.01. The fourth-order valence-corrected chi connectivity index (χ4v) is 1.70. The fraction of sp³-hybridized carbons (Fsp3) is 0.800. The van der Waals surface area contributed by atoms with E-state index in [0.29, 0.717) is 0 Å². The van der Waals surface area contributed by atoms with Crippen molar-refractivity contribution in [3.05, 3.63) is 0 Å². The van der Waals surface area contributed by atoms with E-state index in [-0.39, 0.29) is 0 Å². The van der Waals surface area contributed by atoms with Gasteiger partial charge < -0.3 is 4.90 Å². The Morgan fingerprint density at radius 2 is 1.77 bits per heavy atom. The van der Waals surface area contributed by atoms with Gasteiger partial charge in [0.25, 0.3) is 0 Å². The lowest BCUT2D eigenvalue weighted by molar-refractivity contribution is 0.144. The molecule has 1 aliphatic heterocycles. The predicted molar refractivity (Wildman–Crippen MR) is 57.1 cm³/mol. The van der Waals surface area contributed by atoms with Crippen molar-refractivity contribution in [1.29, 1.82) is 0 Å². The van der Waals surface area contributed by atoms with Gasteiger partial charge in [0.15, 0.2) is 0 Å². The minimum Gasteiger partial charge on any atom is -0.301 e. The number of terminal acetylenes is 1. The highest BCUT2D eigenvalue weighted by Gasteiger charge is 2.14. The van der Waals surface area contributed by atoms with Crippen LogP contribution in [0.5, 0.6) is 0 Å². The van der Waals surface area contributed by atoms with Crippen molar-refractivity contribution in [1.82, 2.24) is 9.80 Å². The zero-order chi connectivity index (χ0) is 9.52. The summed E-state index contributed by atoms with van der Waals surface area (Å²) in [6, 6.07) is 0. The van der Waals surface area contributed by atoms with E-state index in [4.69, 9.17) is 18.0 Å². The highest BCUT2D eigenvalue weighted by molar-refractivity contribution is 6.17. The van der Waals surface area contributed by atoms with Crippen LogP contribution in [0.4, 0.5) is 0 Å². The lowest BCUT2D eigenvalue weighted by Crippen LogP contribution is -2.46. The molecule has 0 bridgehead atoms. The molecule has 74 valence electrons. The molecule has 0 aromatic carbocycles. The fourth-order valence-electron chi connectivity index (χ4n) is 1.58. The van der Waals surface area contributed by atoms with E-state index in [9.17, 15) is 0 Å². The number of rotatable bonds is 4. The number of hydrogen-bond donors (Lipinski definition) is 0. The summed E-state index contributed by atoms with van der Waals surface area (Å²) >= 11 is 5.64. The van der Waals surface area contributed by atoms with Crippen molar-refractivity contribution in [2.24, 2.45) is 0 Å². The topological polar surface area (TPSA) is 6.48 Å². The van der Waals surface area contributed by atoms with Crippen LogP contribution in [0.3, 0.4) is 0 Å². The molecular weight excluding hydrogens is 184 g/mol. The molecule has 0 amide bonds. The number of hydrogen-bond acceptors (Lipinski definition) is 2. The molecule has 0 unspecified atom stereocenters. The van der Waals surface area contributed by atoms with Gasteiger partial charge in [0.2, 0.25) is 0 Å². The van der Waals surface area contributed by atoms with E-state index in [0.717, 1.165) is 51.6 Å². The van der Waals surface area contributed by atoms with E-state index in [1.165, 1.54) is 0 Å². The Labute approximate surface area is 85.8 Å². The smallest absolute Gasteiger partial charge is 0.0599 e. The summed E-state index contributed by atoms with van der Waals surface area (Å²) < 4.78 is 0. The second-order valence-electron chi connectivity index (χ2n) is 3.36. The molecule has 1 rings (SSSR count). The van der Waals surface area contributed by atoms with Crippen LogP contribution in [0, 0.1) is 12.3 Å². The van der Waals surface area contributed by atoms with E-state index in [1.54, 1.807) is 0 Å². The molecule has 1 saturated heterocycles. The lowest BCUT2D eigenvalue weighted by Gasteiger charge is -2.33. The van der Waals surface area contributed by atoms with Gasteiger partial charge in [0.05, 0.1) is 6.54 Å². The Morgan fingerprint density at radius 3 is 2.31 bits per heavy atom. The maximum atomic E-state index is 5.64. The molecule has 3 heteroatoms. The van der Waals surface area contributed by atoms with Crippen LogP contribution in [0.2, 0.25) is 0 Å². The molecular formula is C10H17ClN2. The maximum Gasteiger partial charge on any atom is 0.0599 e. The van der Waals surface area contributed by atoms with Crippen LogP contribution in [-0.2, 0) is 0 Å². The summed E-state index contributed by atoms with van der Waals surface area (Å²) in [5, 5.41) is 0. The number of nitrogens with zero attached hydrogens (tertiary/aromatic N) is 2. The monoisotopic (exact) mass is 200 g/mol. The normalized spacial score (nSPS) is 20.0. The van der Waals surface area contributed by atoms with Crippen molar-refractivity contribution < 1.29 is 0 Å². The number of piperazine rings is 1. The van der Waals surface area contributed by atoms with Crippen LogP contribution in [-0.4, -0.2) is 54.9 Å². The standard InChI is InChI=1S/C10H17ClN2/c1-2-5-12-7-9-13(10-8-12)6-3-4-11/h1H,3-10H2. The Balaban J connectivity index is 2.12. The van der Waals surface area contributed by atoms with Gasteiger partial charge in [0, 0.05) is 32.1 Å². The van der Waals surface area contributed by atoms with E-state index < -0.39 is 0 Å². The predicted octanol–water partition coefficient (Wildman–Crippen LogP) is 0.866. The van der Waals surface area contributed by atoms with Gasteiger partial charge in [-0.25, -0.2) is 0 Å². The van der Waals surface area contributed by atoms with Gasteiger partial charge in [-0.05, 0) is 13.0 Å². The first-order chi connectivity index (χ1) is 6.36. The summed E-state index contributed by atoms with van der Waals surface area (Å²) in [5.74, 6) is 3.45. The largest absolute Gasteiger partial charge is 0.301 e. The minimum atomic E-state index is 0.768. The van der Waals surface area contributed by atoms with Crippen molar-refractivity contribution in [3.63, 3.8) is 0 Å². The highest BCUT2D eigenvalue weighted by atomic mass is 35.5. The Kier molecular flexibility index (Phi) is 5.22. The third-order valence-corrected chi connectivity index (χ3v) is 2.66. The van der Waals surface area contributed by atoms with Gasteiger partial charge in [-0.3, -0.25) is 4.90 Å². The molecule has 1 heterocycles. The molecule has 0 saturated carbocycles. The molecule has 0 atom stereocenters. The van der Waals surface area contributed by atoms with Crippen LogP contribution in [0.1, 0.15) is 6.42 Å². The molecule has 0 radical (unpaired) electrons. The molecule has 0 aromatic rings. The number of halogens is 1. The Morgan fingerprint density at radius 1 is 1.15 bits per heavy atom. The first kappa shape index (κ1) is 10.8. The second kappa shape index (κ2) is 6.26. The summed E-state index contributed by atoms with van der Waals surface area (Å²) in [6.07, 6.45) is 6.35. The van der Waals surface area contributed by atoms with Crippen molar-refractivity contribution >= 4 is 11.6 Å². The summed E-state index contributed by atoms with van der Waals surface area (Å²) in [6.45, 7) is 6.41. The zero-order valence-electron chi connectivity index (χ0n) is 8.01. The molecule has 1 aliphatic rings. The molecule has 1 fully saturated rings. The van der Waals surface area contributed by atoms with E-state index >= 15 is 0 Å². The summed E-state index contributed by atoms with van der Waals surface area (Å²) in [5.41, 5.74) is 0. The molecule has 13 heavy (non-hydrogen) atoms. The molecule has 2 nitrogen and oxygen atoms in total. The first-order valence-corrected chi connectivity index (χ1v) is 5.34. The molecule has 0 aromatic heterocycles. The van der Waals surface area contributed by atoms with Crippen LogP contribution in [0.15, 0.2) is 0 Å². The number of alkyl halides is 1. The quantitative estimate of drug-likeness (QED) is 0.491. The summed E-state index contributed by atoms with van der Waals surface area (Å²) in [7, 11) is 0. The van der Waals surface area contributed by atoms with Gasteiger partial charge in [-0.1, -0.05) is 5.92 Å². The van der Waals surface area contributed by atoms with Crippen molar-refractivity contribution in [2.45, 2.75) is 6.42 Å². The van der Waals surface area contributed by atoms with E-state index in [1.807, 2.05) is 0 Å². The molecule has 0 N–H and O–H groups in total. The maximum absolute atomic E-state index is 5.64. The zero-order valence-corrected chi connectivity index (χ0v) is 8.76. The summed E-state index contributed by atoms with van der Waals surface area (Å²) in [4.78, 5) is 4.77. The van der Waals surface area contributed by atoms with Crippen molar-refractivity contribution in [3.8, 4) is 12.3 Å². The Hall–Kier alpha value is -0.230. The van der Waals surface area contributed by atoms with Crippen LogP contribution in [0.25, 0.3) is 0 Å². The molecule has 0 spiro atoms. The average molecular weight is 201 g/mol. The van der Waals surface area contributed by atoms with Gasteiger partial charge in [-0.15, -0.1) is 18.0 Å². The lowest BCUT2D eigenvalue weighted by atomic mass is 10.3. The SMILES string of the molecule is C#CCN1CCN(CCCCl)CC1. The van der Waals surface area contributed by atoms with Gasteiger partial charge >= 0.3 is 0 Å². The van der Waals surface area contributed by atoms with Crippen LogP contribution < -0.4 is 0 Å². The van der Waals surface area contributed by atoms with Crippen LogP contribution >= 0.6 is 11.6 Å². The van der Waals surface area contributed by atoms with Crippen molar-refractivity contribution in [2.75, 3.05) is 45.1 Å². The third kappa shape index (κ3) is 3.99. The van der Waals surface area contributed by atoms with Gasteiger partial charge in [-0.2, -0.15) is 0 Å². The van der Waals surface area contributed by atoms with E-state index in [2.05, 4.69) is 15.7 Å². The second-order valence-corrected chi connectivity index (χ2v) is 3.74. The first-order valence-electron chi connectivity index (χ1n) is 4.81. The minimum absolute atomic E-state index is 0.768. The average Bonchev–Trinajstić information content (AvgIpc) is 2.17.